The van der Waals surface area contributed by atoms with E-state index in [-0.39, 0.29) is 19.4 Å². The molecule has 0 aliphatic carbocycles. The number of hydrogen-bond donors (Lipinski definition) is 3. The molecular weight excluding hydrogens is 709 g/mol. The molecule has 11 nitrogen and oxygen atoms in total. The molecule has 0 radical (unpaired) electrons. The Morgan fingerprint density at radius 1 is 0.593 bits per heavy atom. The van der Waals surface area contributed by atoms with Gasteiger partial charge in [0.25, 0.3) is 0 Å². The molecule has 0 spiro atoms. The number of carboxylic acids is 1. The second-order valence-electron chi connectivity index (χ2n) is 13.4. The molecule has 0 aliphatic heterocycles. The maximum absolute atomic E-state index is 12.6. The van der Waals surface area contributed by atoms with Gasteiger partial charge < -0.3 is 25.2 Å². The quantitative estimate of drug-likeness (QED) is 0.0237. The number of esters is 2. The molecule has 0 saturated carbocycles. The van der Waals surface area contributed by atoms with E-state index in [1.807, 2.05) is 0 Å². The number of hydrogen-bond acceptors (Lipinski definition) is 9. The summed E-state index contributed by atoms with van der Waals surface area (Å²) in [6, 6.07) is -1.53. The average Bonchev–Trinajstić information content (AvgIpc) is 3.14. The molecule has 0 aromatic rings. The van der Waals surface area contributed by atoms with Crippen molar-refractivity contribution in [2.45, 2.75) is 167 Å². The number of aliphatic carboxylic acids is 1. The van der Waals surface area contributed by atoms with Gasteiger partial charge in [-0.1, -0.05) is 145 Å². The molecule has 12 heteroatoms. The Kier molecular flexibility index (Phi) is 35.2. The predicted octanol–water partition coefficient (Wildman–Crippen LogP) is 10.4. The zero-order chi connectivity index (χ0) is 40.0. The van der Waals surface area contributed by atoms with Crippen molar-refractivity contribution in [3.63, 3.8) is 0 Å². The molecule has 54 heavy (non-hydrogen) atoms. The number of carbonyl (C=O) groups is 3. The van der Waals surface area contributed by atoms with Crippen molar-refractivity contribution in [3.8, 4) is 0 Å². The van der Waals surface area contributed by atoms with Crippen LogP contribution in [0.15, 0.2) is 60.8 Å². The van der Waals surface area contributed by atoms with Gasteiger partial charge in [0.1, 0.15) is 12.6 Å². The maximum Gasteiger partial charge on any atom is 0.472 e. The number of ether oxygens (including phenoxy) is 2. The van der Waals surface area contributed by atoms with Crippen molar-refractivity contribution < 1.29 is 47.5 Å². The number of phosphoric ester groups is 1. The summed E-state index contributed by atoms with van der Waals surface area (Å²) in [5.74, 6) is -2.43. The molecular formula is C42H72NO10P. The van der Waals surface area contributed by atoms with Crippen LogP contribution in [0.4, 0.5) is 0 Å². The van der Waals surface area contributed by atoms with E-state index in [0.717, 1.165) is 70.6 Å². The number of allylic oxidation sites excluding steroid dienone is 10. The van der Waals surface area contributed by atoms with Crippen molar-refractivity contribution >= 4 is 25.7 Å². The van der Waals surface area contributed by atoms with Crippen LogP contribution in [0.1, 0.15) is 155 Å². The smallest absolute Gasteiger partial charge is 0.472 e. The molecule has 0 rings (SSSR count). The van der Waals surface area contributed by atoms with E-state index in [1.165, 1.54) is 44.9 Å². The van der Waals surface area contributed by atoms with E-state index in [4.69, 9.17) is 24.8 Å². The lowest BCUT2D eigenvalue weighted by molar-refractivity contribution is -0.161. The maximum atomic E-state index is 12.6. The largest absolute Gasteiger partial charge is 0.480 e. The molecule has 310 valence electrons. The minimum absolute atomic E-state index is 0.121. The second kappa shape index (κ2) is 37.1. The van der Waals surface area contributed by atoms with Gasteiger partial charge >= 0.3 is 25.7 Å². The van der Waals surface area contributed by atoms with Crippen LogP contribution in [0.5, 0.6) is 0 Å². The molecule has 0 amide bonds. The fourth-order valence-electron chi connectivity index (χ4n) is 5.09. The third kappa shape index (κ3) is 36.2. The van der Waals surface area contributed by atoms with Crippen LogP contribution in [-0.2, 0) is 37.5 Å². The normalized spacial score (nSPS) is 14.4. The van der Waals surface area contributed by atoms with E-state index in [0.29, 0.717) is 12.8 Å². The summed E-state index contributed by atoms with van der Waals surface area (Å²) in [6.07, 6.45) is 41.5. The number of carboxylic acid groups (broad SMARTS) is 1. The summed E-state index contributed by atoms with van der Waals surface area (Å²) in [6.45, 7) is 2.63. The lowest BCUT2D eigenvalue weighted by atomic mass is 10.1. The summed E-state index contributed by atoms with van der Waals surface area (Å²) in [4.78, 5) is 45.8. The monoisotopic (exact) mass is 781 g/mol. The number of unbranched alkanes of at least 4 members (excludes halogenated alkanes) is 13. The van der Waals surface area contributed by atoms with Gasteiger partial charge in [-0.2, -0.15) is 0 Å². The lowest BCUT2D eigenvalue weighted by Crippen LogP contribution is -2.34. The van der Waals surface area contributed by atoms with Gasteiger partial charge in [-0.05, 0) is 57.8 Å². The molecule has 0 aliphatic rings. The van der Waals surface area contributed by atoms with E-state index in [2.05, 4.69) is 79.1 Å². The molecule has 1 unspecified atom stereocenters. The average molecular weight is 782 g/mol. The molecule has 4 N–H and O–H groups in total. The first-order chi connectivity index (χ1) is 26.1. The molecule has 0 aromatic carbocycles. The van der Waals surface area contributed by atoms with Gasteiger partial charge in [0.15, 0.2) is 6.10 Å². The fourth-order valence-corrected chi connectivity index (χ4v) is 5.87. The third-order valence-electron chi connectivity index (χ3n) is 8.28. The Hall–Kier alpha value is -2.82. The van der Waals surface area contributed by atoms with Gasteiger partial charge in [0, 0.05) is 12.8 Å². The predicted molar refractivity (Wildman–Crippen MR) is 217 cm³/mol. The highest BCUT2D eigenvalue weighted by Gasteiger charge is 2.28. The zero-order valence-electron chi connectivity index (χ0n) is 33.3. The Morgan fingerprint density at radius 2 is 1.04 bits per heavy atom. The lowest BCUT2D eigenvalue weighted by Gasteiger charge is -2.20. The van der Waals surface area contributed by atoms with Gasteiger partial charge in [-0.15, -0.1) is 0 Å². The Bertz CT molecular complexity index is 1150. The summed E-state index contributed by atoms with van der Waals surface area (Å²) in [5, 5.41) is 8.87. The first kappa shape index (κ1) is 51.2. The van der Waals surface area contributed by atoms with E-state index >= 15 is 0 Å². The van der Waals surface area contributed by atoms with Gasteiger partial charge in [0.2, 0.25) is 0 Å². The van der Waals surface area contributed by atoms with Crippen LogP contribution in [0.2, 0.25) is 0 Å². The Labute approximate surface area is 326 Å². The minimum atomic E-state index is -4.72. The van der Waals surface area contributed by atoms with Crippen molar-refractivity contribution in [2.75, 3.05) is 19.8 Å². The van der Waals surface area contributed by atoms with E-state index in [1.54, 1.807) is 0 Å². The summed E-state index contributed by atoms with van der Waals surface area (Å²) < 4.78 is 32.6. The first-order valence-electron chi connectivity index (χ1n) is 20.3. The minimum Gasteiger partial charge on any atom is -0.480 e. The molecule has 3 atom stereocenters. The highest BCUT2D eigenvalue weighted by molar-refractivity contribution is 7.47. The highest BCUT2D eigenvalue weighted by atomic mass is 31.2. The number of phosphoric acid groups is 1. The topological polar surface area (TPSA) is 172 Å². The van der Waals surface area contributed by atoms with Crippen molar-refractivity contribution in [1.82, 2.24) is 0 Å². The van der Waals surface area contributed by atoms with Gasteiger partial charge in [-0.25, -0.2) is 4.57 Å². The number of rotatable bonds is 37. The van der Waals surface area contributed by atoms with Crippen molar-refractivity contribution in [1.29, 1.82) is 0 Å². The molecule has 0 heterocycles. The van der Waals surface area contributed by atoms with Crippen LogP contribution >= 0.6 is 7.82 Å². The summed E-state index contributed by atoms with van der Waals surface area (Å²) >= 11 is 0. The Morgan fingerprint density at radius 3 is 1.56 bits per heavy atom. The van der Waals surface area contributed by atoms with Gasteiger partial charge in [0.05, 0.1) is 13.2 Å². The highest BCUT2D eigenvalue weighted by Crippen LogP contribution is 2.43. The second-order valence-corrected chi connectivity index (χ2v) is 14.8. The van der Waals surface area contributed by atoms with E-state index < -0.39 is 51.1 Å². The zero-order valence-corrected chi connectivity index (χ0v) is 34.2. The molecule has 0 aromatic heterocycles. The molecule has 0 fully saturated rings. The molecule has 0 bridgehead atoms. The summed E-state index contributed by atoms with van der Waals surface area (Å²) in [5.41, 5.74) is 5.32. The molecule has 0 saturated heterocycles. The van der Waals surface area contributed by atoms with Crippen LogP contribution in [-0.4, -0.2) is 59.9 Å². The third-order valence-corrected chi connectivity index (χ3v) is 9.23. The fraction of sp³-hybridized carbons (Fsp3) is 0.690. The van der Waals surface area contributed by atoms with Crippen molar-refractivity contribution in [2.24, 2.45) is 5.73 Å². The SMILES string of the molecule is CC/C=C\C/C=C\C/C=C\C/C=C\C/C=C\CCCCCC(=O)O[C@H](COC(=O)CCCCCCCCCCCCC)COP(=O)(O)OC[C@H](N)C(=O)O. The first-order valence-corrected chi connectivity index (χ1v) is 21.8. The van der Waals surface area contributed by atoms with Gasteiger partial charge in [-0.3, -0.25) is 23.4 Å². The number of carbonyl (C=O) groups excluding carboxylic acids is 2. The van der Waals surface area contributed by atoms with E-state index in [9.17, 15) is 23.8 Å². The van der Waals surface area contributed by atoms with Crippen LogP contribution in [0, 0.1) is 0 Å². The number of nitrogens with two attached hydrogens (primary N) is 1. The Balaban J connectivity index is 4.47. The standard InChI is InChI=1S/C42H72NO10P/c1-3-5-7-9-11-13-15-16-17-18-19-20-21-22-24-26-28-30-32-34-41(45)53-38(36-51-54(48,49)52-37-39(43)42(46)47)35-50-40(44)33-31-29-27-25-23-14-12-10-8-6-4-2/h5,7,11,13,16-17,19-20,22,24,38-39H,3-4,6,8-10,12,14-15,18,21,23,25-37,43H2,1-2H3,(H,46,47)(H,48,49)/b7-5-,13-11-,17-16-,20-19-,24-22-/t38-,39+/m1/s1. The van der Waals surface area contributed by atoms with Crippen LogP contribution in [0.3, 0.4) is 0 Å². The van der Waals surface area contributed by atoms with Crippen molar-refractivity contribution in [3.05, 3.63) is 60.8 Å². The van der Waals surface area contributed by atoms with Crippen LogP contribution in [0.25, 0.3) is 0 Å². The van der Waals surface area contributed by atoms with Crippen LogP contribution < -0.4 is 5.73 Å². The summed E-state index contributed by atoms with van der Waals surface area (Å²) in [7, 11) is -4.72.